The van der Waals surface area contributed by atoms with Gasteiger partial charge in [-0.15, -0.1) is 0 Å². The van der Waals surface area contributed by atoms with E-state index >= 15 is 0 Å². The number of ether oxygens (including phenoxy) is 1. The van der Waals surface area contributed by atoms with Crippen molar-refractivity contribution in [2.24, 2.45) is 22.6 Å². The fraction of sp³-hybridized carbons (Fsp3) is 0.485. The van der Waals surface area contributed by atoms with E-state index in [1.807, 2.05) is 0 Å². The van der Waals surface area contributed by atoms with Crippen LogP contribution in [0.15, 0.2) is 47.5 Å². The topological polar surface area (TPSA) is 152 Å². The van der Waals surface area contributed by atoms with Crippen molar-refractivity contribution >= 4 is 47.0 Å². The Morgan fingerprint density at radius 3 is 2.12 bits per heavy atom. The molecule has 1 heterocycles. The minimum Gasteiger partial charge on any atom is -0.459 e. The van der Waals surface area contributed by atoms with Crippen molar-refractivity contribution in [2.75, 3.05) is 11.1 Å². The SMILES string of the molecule is Cc1cccc2c1NC(=O)[C@@H](NC(=O)[C@H](CCC(F)(F)F)[C@H](CCC(F)(F)F)C(=O)NSC[C@H](N)C(=O)OC(C)(C)C)N=C2c1cccc(F)c1. The first-order valence-electron chi connectivity index (χ1n) is 15.6. The van der Waals surface area contributed by atoms with Crippen molar-refractivity contribution < 1.29 is 54.6 Å². The molecule has 0 unspecified atom stereocenters. The van der Waals surface area contributed by atoms with Crippen LogP contribution in [0.1, 0.15) is 63.1 Å². The number of anilines is 1. The lowest BCUT2D eigenvalue weighted by molar-refractivity contribution is -0.156. The zero-order chi connectivity index (χ0) is 38.3. The van der Waals surface area contributed by atoms with Crippen molar-refractivity contribution in [1.29, 1.82) is 0 Å². The smallest absolute Gasteiger partial charge is 0.389 e. The second-order valence-corrected chi connectivity index (χ2v) is 13.7. The first-order valence-corrected chi connectivity index (χ1v) is 16.6. The van der Waals surface area contributed by atoms with Crippen molar-refractivity contribution in [2.45, 2.75) is 83.5 Å². The van der Waals surface area contributed by atoms with Gasteiger partial charge in [-0.25, -0.2) is 9.38 Å². The lowest BCUT2D eigenvalue weighted by Crippen LogP contribution is -2.48. The van der Waals surface area contributed by atoms with Crippen LogP contribution >= 0.6 is 11.9 Å². The Bertz CT molecular complexity index is 1630. The van der Waals surface area contributed by atoms with Crippen LogP contribution in [0.3, 0.4) is 0 Å². The first-order chi connectivity index (χ1) is 23.5. The maximum atomic E-state index is 14.3. The predicted octanol–water partition coefficient (Wildman–Crippen LogP) is 5.72. The summed E-state index contributed by atoms with van der Waals surface area (Å²) in [6.07, 6.45) is -17.1. The maximum absolute atomic E-state index is 14.3. The van der Waals surface area contributed by atoms with Gasteiger partial charge in [-0.05, 0) is 70.2 Å². The number of nitrogens with two attached hydrogens (primary N) is 1. The summed E-state index contributed by atoms with van der Waals surface area (Å²) in [5, 5.41) is 4.80. The van der Waals surface area contributed by atoms with Gasteiger partial charge in [-0.3, -0.25) is 23.9 Å². The molecule has 0 aromatic heterocycles. The van der Waals surface area contributed by atoms with Crippen LogP contribution in [0.2, 0.25) is 0 Å². The minimum absolute atomic E-state index is 0.0211. The summed E-state index contributed by atoms with van der Waals surface area (Å²) in [4.78, 5) is 57.0. The predicted molar refractivity (Wildman–Crippen MR) is 176 cm³/mol. The van der Waals surface area contributed by atoms with Gasteiger partial charge in [0.15, 0.2) is 0 Å². The fourth-order valence-corrected chi connectivity index (χ4v) is 5.77. The molecule has 5 N–H and O–H groups in total. The molecule has 1 aliphatic heterocycles. The fourth-order valence-electron chi connectivity index (χ4n) is 5.08. The summed E-state index contributed by atoms with van der Waals surface area (Å²) in [5.74, 6) is -9.42. The monoisotopic (exact) mass is 749 g/mol. The number of esters is 1. The molecule has 18 heteroatoms. The van der Waals surface area contributed by atoms with Gasteiger partial charge in [-0.2, -0.15) is 26.3 Å². The summed E-state index contributed by atoms with van der Waals surface area (Å²) in [6, 6.07) is 8.65. The van der Waals surface area contributed by atoms with Gasteiger partial charge >= 0.3 is 18.3 Å². The summed E-state index contributed by atoms with van der Waals surface area (Å²) in [6.45, 7) is 6.39. The number of nitrogens with zero attached hydrogens (tertiary/aromatic N) is 1. The second-order valence-electron chi connectivity index (χ2n) is 12.8. The number of nitrogens with one attached hydrogen (secondary N) is 3. The molecule has 2 aromatic carbocycles. The number of carbonyl (C=O) groups is 4. The number of rotatable bonds is 13. The Balaban J connectivity index is 1.96. The number of alkyl halides is 6. The van der Waals surface area contributed by atoms with Crippen LogP contribution in [0, 0.1) is 24.6 Å². The van der Waals surface area contributed by atoms with Gasteiger partial charge in [0.1, 0.15) is 17.5 Å². The highest BCUT2D eigenvalue weighted by Gasteiger charge is 2.41. The molecule has 2 aromatic rings. The van der Waals surface area contributed by atoms with Crippen molar-refractivity contribution in [3.63, 3.8) is 0 Å². The average Bonchev–Trinajstić information content (AvgIpc) is 3.13. The quantitative estimate of drug-likeness (QED) is 0.116. The first kappa shape index (κ1) is 41.2. The number of aliphatic imine (C=N–C) groups is 1. The molecule has 10 nitrogen and oxygen atoms in total. The Hall–Kier alpha value is -4.19. The molecule has 51 heavy (non-hydrogen) atoms. The number of aryl methyl sites for hydroxylation is 1. The highest BCUT2D eigenvalue weighted by atomic mass is 32.2. The molecule has 0 radical (unpaired) electrons. The number of para-hydroxylation sites is 1. The van der Waals surface area contributed by atoms with Crippen LogP contribution in [-0.2, 0) is 23.9 Å². The Morgan fingerprint density at radius 2 is 1.55 bits per heavy atom. The maximum Gasteiger partial charge on any atom is 0.389 e. The Kier molecular flexibility index (Phi) is 13.7. The molecular weight excluding hydrogens is 711 g/mol. The van der Waals surface area contributed by atoms with Crippen LogP contribution in [0.25, 0.3) is 0 Å². The highest BCUT2D eigenvalue weighted by molar-refractivity contribution is 7.98. The van der Waals surface area contributed by atoms with Gasteiger partial charge < -0.3 is 21.1 Å². The van der Waals surface area contributed by atoms with E-state index in [1.165, 1.54) is 12.1 Å². The molecule has 4 atom stereocenters. The lowest BCUT2D eigenvalue weighted by atomic mass is 9.83. The standard InChI is InChI=1S/C33H38F7N5O5S/c1-17-7-5-10-22-24(17)43-29(48)26(42-25(22)18-8-6-9-19(34)15-18)44-27(46)20(11-13-32(35,36)37)21(12-14-33(38,39)40)28(47)45-51-16-23(41)30(49)50-31(2,3)4/h5-10,15,20-21,23,26H,11-14,16,41H2,1-4H3,(H,43,48)(H,44,46)(H,45,47)/t20-,21+,23+,26-/m1/s1. The molecule has 0 bridgehead atoms. The number of hydrogen-bond acceptors (Lipinski definition) is 8. The van der Waals surface area contributed by atoms with Crippen LogP contribution in [-0.4, -0.2) is 65.3 Å². The average molecular weight is 750 g/mol. The van der Waals surface area contributed by atoms with Crippen molar-refractivity contribution in [3.8, 4) is 0 Å². The highest BCUT2D eigenvalue weighted by Crippen LogP contribution is 2.34. The van der Waals surface area contributed by atoms with Crippen LogP contribution < -0.4 is 21.1 Å². The molecule has 3 rings (SSSR count). The third-order valence-electron chi connectivity index (χ3n) is 7.44. The van der Waals surface area contributed by atoms with Gasteiger partial charge in [0, 0.05) is 35.6 Å². The molecule has 3 amide bonds. The number of halogens is 7. The molecule has 0 saturated heterocycles. The third-order valence-corrected chi connectivity index (χ3v) is 8.31. The molecule has 0 aliphatic carbocycles. The van der Waals surface area contributed by atoms with Gasteiger partial charge in [-0.1, -0.05) is 30.3 Å². The van der Waals surface area contributed by atoms with E-state index in [1.54, 1.807) is 45.9 Å². The number of benzene rings is 2. The van der Waals surface area contributed by atoms with Crippen molar-refractivity contribution in [3.05, 3.63) is 65.0 Å². The zero-order valence-electron chi connectivity index (χ0n) is 28.0. The largest absolute Gasteiger partial charge is 0.459 e. The summed E-state index contributed by atoms with van der Waals surface area (Å²) >= 11 is 0.493. The Labute approximate surface area is 293 Å². The number of carbonyl (C=O) groups excluding carboxylic acids is 4. The second kappa shape index (κ2) is 16.9. The molecule has 0 saturated carbocycles. The molecule has 280 valence electrons. The lowest BCUT2D eigenvalue weighted by Gasteiger charge is -2.27. The molecular formula is C33H38F7N5O5S. The number of fused-ring (bicyclic) bond motifs is 1. The van der Waals surface area contributed by atoms with Crippen molar-refractivity contribution in [1.82, 2.24) is 10.0 Å². The normalized spacial score (nSPS) is 16.8. The Morgan fingerprint density at radius 1 is 0.961 bits per heavy atom. The molecule has 0 fully saturated rings. The van der Waals surface area contributed by atoms with Crippen LogP contribution in [0.4, 0.5) is 36.4 Å². The number of hydrogen-bond donors (Lipinski definition) is 4. The third kappa shape index (κ3) is 12.8. The number of benzodiazepines with no additional fused rings is 1. The van der Waals surface area contributed by atoms with Gasteiger partial charge in [0.25, 0.3) is 5.91 Å². The summed E-state index contributed by atoms with van der Waals surface area (Å²) in [7, 11) is 0. The van der Waals surface area contributed by atoms with E-state index in [4.69, 9.17) is 10.5 Å². The summed E-state index contributed by atoms with van der Waals surface area (Å²) < 4.78 is 102. The number of amides is 3. The zero-order valence-corrected chi connectivity index (χ0v) is 28.8. The van der Waals surface area contributed by atoms with Crippen LogP contribution in [0.5, 0.6) is 0 Å². The minimum atomic E-state index is -4.87. The molecule has 1 aliphatic rings. The molecule has 0 spiro atoms. The van der Waals surface area contributed by atoms with E-state index in [9.17, 15) is 49.9 Å². The van der Waals surface area contributed by atoms with E-state index in [2.05, 4.69) is 20.3 Å². The van der Waals surface area contributed by atoms with E-state index < -0.39 is 97.2 Å². The van der Waals surface area contributed by atoms with Gasteiger partial charge in [0.2, 0.25) is 18.0 Å². The van der Waals surface area contributed by atoms with Gasteiger partial charge in [0.05, 0.1) is 17.3 Å². The van der Waals surface area contributed by atoms with E-state index in [0.717, 1.165) is 12.1 Å². The van der Waals surface area contributed by atoms with E-state index in [-0.39, 0.29) is 22.7 Å². The summed E-state index contributed by atoms with van der Waals surface area (Å²) in [5.41, 5.74) is 6.20. The van der Waals surface area contributed by atoms with E-state index in [0.29, 0.717) is 23.1 Å².